The van der Waals surface area contributed by atoms with Gasteiger partial charge in [0.25, 0.3) is 0 Å². The molecule has 1 aromatic carbocycles. The summed E-state index contributed by atoms with van der Waals surface area (Å²) in [4.78, 5) is 23.2. The van der Waals surface area contributed by atoms with Crippen LogP contribution in [0.3, 0.4) is 0 Å². The molecule has 0 aliphatic carbocycles. The van der Waals surface area contributed by atoms with Gasteiger partial charge in [-0.2, -0.15) is 0 Å². The Morgan fingerprint density at radius 3 is 2.50 bits per heavy atom. The summed E-state index contributed by atoms with van der Waals surface area (Å²) < 4.78 is 32.3. The minimum absolute atomic E-state index is 0.0215. The number of hydrogen-bond acceptors (Lipinski definition) is 3. The van der Waals surface area contributed by atoms with Crippen molar-refractivity contribution in [1.82, 2.24) is 10.6 Å². The number of benzene rings is 1. The third kappa shape index (κ3) is 2.34. The first-order valence-corrected chi connectivity index (χ1v) is 5.73. The molecule has 1 heterocycles. The van der Waals surface area contributed by atoms with Gasteiger partial charge in [-0.05, 0) is 12.1 Å². The largest absolute Gasteiger partial charge is 0.468 e. The first kappa shape index (κ1) is 14.0. The molecule has 7 heteroatoms. The maximum Gasteiger partial charge on any atom is 0.319 e. The molecule has 0 spiro atoms. The van der Waals surface area contributed by atoms with Gasteiger partial charge in [-0.15, -0.1) is 0 Å². The van der Waals surface area contributed by atoms with Crippen LogP contribution in [0, 0.1) is 17.6 Å². The average Bonchev–Trinajstić information content (AvgIpc) is 2.37. The SMILES string of the molecule is C=C1NC(=O)N[C@@H](c2c(F)cccc2F)[C@@H]1C(=O)OC. The number of hydrogen-bond donors (Lipinski definition) is 2. The lowest BCUT2D eigenvalue weighted by Crippen LogP contribution is -2.51. The van der Waals surface area contributed by atoms with E-state index in [2.05, 4.69) is 21.9 Å². The van der Waals surface area contributed by atoms with Gasteiger partial charge in [0, 0.05) is 11.3 Å². The summed E-state index contributed by atoms with van der Waals surface area (Å²) in [6.45, 7) is 3.53. The number of amides is 2. The van der Waals surface area contributed by atoms with Crippen molar-refractivity contribution < 1.29 is 23.1 Å². The molecule has 106 valence electrons. The van der Waals surface area contributed by atoms with Gasteiger partial charge in [0.2, 0.25) is 0 Å². The number of esters is 1. The Hall–Kier alpha value is -2.44. The molecule has 5 nitrogen and oxygen atoms in total. The van der Waals surface area contributed by atoms with E-state index in [-0.39, 0.29) is 5.70 Å². The normalized spacial score (nSPS) is 21.9. The van der Waals surface area contributed by atoms with Crippen LogP contribution >= 0.6 is 0 Å². The molecule has 0 bridgehead atoms. The van der Waals surface area contributed by atoms with Gasteiger partial charge in [0.15, 0.2) is 0 Å². The summed E-state index contributed by atoms with van der Waals surface area (Å²) in [5, 5.41) is 4.61. The van der Waals surface area contributed by atoms with Crippen LogP contribution in [0.5, 0.6) is 0 Å². The van der Waals surface area contributed by atoms with E-state index in [0.29, 0.717) is 0 Å². The van der Waals surface area contributed by atoms with Crippen molar-refractivity contribution in [2.75, 3.05) is 7.11 Å². The van der Waals surface area contributed by atoms with E-state index in [1.807, 2.05) is 0 Å². The number of ether oxygens (including phenoxy) is 1. The molecule has 1 aromatic rings. The Labute approximate surface area is 113 Å². The highest BCUT2D eigenvalue weighted by Gasteiger charge is 2.41. The number of halogens is 2. The molecule has 1 aliphatic heterocycles. The Morgan fingerprint density at radius 1 is 1.35 bits per heavy atom. The van der Waals surface area contributed by atoms with Crippen molar-refractivity contribution in [2.45, 2.75) is 6.04 Å². The van der Waals surface area contributed by atoms with E-state index in [1.54, 1.807) is 0 Å². The summed E-state index contributed by atoms with van der Waals surface area (Å²) in [5.41, 5.74) is -0.382. The standard InChI is InChI=1S/C13H12F2N2O3/c1-6-9(12(18)20-2)11(17-13(19)16-6)10-7(14)4-3-5-8(10)15/h3-5,9,11H,1H2,2H3,(H2,16,17,19)/t9-,11-/m1/s1. The van der Waals surface area contributed by atoms with Gasteiger partial charge in [-0.25, -0.2) is 13.6 Å². The van der Waals surface area contributed by atoms with Gasteiger partial charge >= 0.3 is 12.0 Å². The third-order valence-corrected chi connectivity index (χ3v) is 3.04. The van der Waals surface area contributed by atoms with Crippen molar-refractivity contribution in [3.05, 3.63) is 47.7 Å². The summed E-state index contributed by atoms with van der Waals surface area (Å²) in [6.07, 6.45) is 0. The number of rotatable bonds is 2. The van der Waals surface area contributed by atoms with Crippen LogP contribution in [0.25, 0.3) is 0 Å². The maximum absolute atomic E-state index is 13.8. The van der Waals surface area contributed by atoms with E-state index in [9.17, 15) is 18.4 Å². The molecule has 2 amide bonds. The predicted molar refractivity (Wildman–Crippen MR) is 65.4 cm³/mol. The van der Waals surface area contributed by atoms with E-state index in [0.717, 1.165) is 19.2 Å². The van der Waals surface area contributed by atoms with Gasteiger partial charge in [-0.1, -0.05) is 12.6 Å². The summed E-state index contributed by atoms with van der Waals surface area (Å²) in [5.74, 6) is -3.60. The fourth-order valence-corrected chi connectivity index (χ4v) is 2.14. The molecule has 20 heavy (non-hydrogen) atoms. The number of methoxy groups -OCH3 is 1. The topological polar surface area (TPSA) is 67.4 Å². The lowest BCUT2D eigenvalue weighted by molar-refractivity contribution is -0.145. The van der Waals surface area contributed by atoms with Crippen LogP contribution in [0.2, 0.25) is 0 Å². The molecule has 1 saturated heterocycles. The fraction of sp³-hybridized carbons (Fsp3) is 0.231. The van der Waals surface area contributed by atoms with Crippen molar-refractivity contribution in [3.8, 4) is 0 Å². The lowest BCUT2D eigenvalue weighted by Gasteiger charge is -2.33. The molecular formula is C13H12F2N2O3. The average molecular weight is 282 g/mol. The second-order valence-corrected chi connectivity index (χ2v) is 4.24. The van der Waals surface area contributed by atoms with Gasteiger partial charge in [-0.3, -0.25) is 4.79 Å². The lowest BCUT2D eigenvalue weighted by atomic mass is 9.88. The number of nitrogens with one attached hydrogen (secondary N) is 2. The predicted octanol–water partition coefficient (Wildman–Crippen LogP) is 1.62. The molecule has 0 saturated carbocycles. The first-order valence-electron chi connectivity index (χ1n) is 5.73. The van der Waals surface area contributed by atoms with Crippen LogP contribution in [0.1, 0.15) is 11.6 Å². The quantitative estimate of drug-likeness (QED) is 0.810. The van der Waals surface area contributed by atoms with Crippen LogP contribution in [0.15, 0.2) is 30.5 Å². The smallest absolute Gasteiger partial charge is 0.319 e. The minimum Gasteiger partial charge on any atom is -0.468 e. The Balaban J connectivity index is 2.52. The Morgan fingerprint density at radius 2 is 1.95 bits per heavy atom. The van der Waals surface area contributed by atoms with Crippen molar-refractivity contribution >= 4 is 12.0 Å². The van der Waals surface area contributed by atoms with Crippen LogP contribution in [-0.4, -0.2) is 19.1 Å². The fourth-order valence-electron chi connectivity index (χ4n) is 2.14. The van der Waals surface area contributed by atoms with Crippen LogP contribution in [-0.2, 0) is 9.53 Å². The highest BCUT2D eigenvalue weighted by atomic mass is 19.1. The van der Waals surface area contributed by atoms with E-state index >= 15 is 0 Å². The zero-order valence-corrected chi connectivity index (χ0v) is 10.6. The molecule has 1 fully saturated rings. The monoisotopic (exact) mass is 282 g/mol. The summed E-state index contributed by atoms with van der Waals surface area (Å²) in [6, 6.07) is 1.37. The third-order valence-electron chi connectivity index (χ3n) is 3.04. The van der Waals surface area contributed by atoms with E-state index in [4.69, 9.17) is 0 Å². The van der Waals surface area contributed by atoms with Crippen LogP contribution in [0.4, 0.5) is 13.6 Å². The van der Waals surface area contributed by atoms with Crippen LogP contribution < -0.4 is 10.6 Å². The highest BCUT2D eigenvalue weighted by molar-refractivity contribution is 5.85. The van der Waals surface area contributed by atoms with Crippen molar-refractivity contribution in [3.63, 3.8) is 0 Å². The Kier molecular flexibility index (Phi) is 3.69. The zero-order valence-electron chi connectivity index (χ0n) is 10.6. The molecule has 2 atom stereocenters. The van der Waals surface area contributed by atoms with Gasteiger partial charge in [0.1, 0.15) is 17.6 Å². The maximum atomic E-state index is 13.8. The minimum atomic E-state index is -1.22. The second-order valence-electron chi connectivity index (χ2n) is 4.24. The van der Waals surface area contributed by atoms with Gasteiger partial charge < -0.3 is 15.4 Å². The molecule has 0 aromatic heterocycles. The van der Waals surface area contributed by atoms with Gasteiger partial charge in [0.05, 0.1) is 13.2 Å². The number of carbonyl (C=O) groups is 2. The van der Waals surface area contributed by atoms with Crippen molar-refractivity contribution in [1.29, 1.82) is 0 Å². The molecule has 2 rings (SSSR count). The number of urea groups is 1. The first-order chi connectivity index (χ1) is 9.45. The molecule has 0 unspecified atom stereocenters. The molecular weight excluding hydrogens is 270 g/mol. The van der Waals surface area contributed by atoms with E-state index < -0.39 is 41.2 Å². The summed E-state index contributed by atoms with van der Waals surface area (Å²) >= 11 is 0. The second kappa shape index (κ2) is 5.28. The Bertz CT molecular complexity index is 569. The summed E-state index contributed by atoms with van der Waals surface area (Å²) in [7, 11) is 1.14. The zero-order chi connectivity index (χ0) is 14.9. The highest BCUT2D eigenvalue weighted by Crippen LogP contribution is 2.33. The van der Waals surface area contributed by atoms with E-state index in [1.165, 1.54) is 6.07 Å². The number of carbonyl (C=O) groups excluding carboxylic acids is 2. The molecule has 2 N–H and O–H groups in total. The molecule has 0 radical (unpaired) electrons. The molecule has 1 aliphatic rings. The van der Waals surface area contributed by atoms with Crippen molar-refractivity contribution in [2.24, 2.45) is 5.92 Å².